The number of rotatable bonds is 3. The molecule has 2 heterocycles. The fraction of sp³-hybridized carbons (Fsp3) is 0.412. The van der Waals surface area contributed by atoms with Gasteiger partial charge >= 0.3 is 0 Å². The van der Waals surface area contributed by atoms with Crippen molar-refractivity contribution in [2.24, 2.45) is 0 Å². The number of likely N-dealkylation sites (tertiary alicyclic amines) is 1. The van der Waals surface area contributed by atoms with Crippen LogP contribution in [0.25, 0.3) is 0 Å². The van der Waals surface area contributed by atoms with E-state index in [0.717, 1.165) is 12.3 Å². The third-order valence-corrected chi connectivity index (χ3v) is 4.20. The molecule has 0 spiro atoms. The lowest BCUT2D eigenvalue weighted by Crippen LogP contribution is -2.35. The molecule has 100 valence electrons. The molecule has 1 saturated heterocycles. The molecule has 0 saturated carbocycles. The molecule has 1 aliphatic heterocycles. The Morgan fingerprint density at radius 2 is 1.95 bits per heavy atom. The molecule has 0 amide bonds. The molecule has 0 radical (unpaired) electrons. The standard InChI is InChI=1S/C17H21NO/c1-14(15-8-3-2-4-9-15)18-12-6-5-10-16(18)17-11-7-13-19-17/h2-4,7-9,11,13-14,16H,5-6,10,12H2,1H3/t14-,16?/m1/s1. The summed E-state index contributed by atoms with van der Waals surface area (Å²) in [6.07, 6.45) is 5.57. The molecular weight excluding hydrogens is 234 g/mol. The van der Waals surface area contributed by atoms with E-state index >= 15 is 0 Å². The average Bonchev–Trinajstić information content (AvgIpc) is 3.01. The second kappa shape index (κ2) is 5.62. The number of piperidine rings is 1. The van der Waals surface area contributed by atoms with E-state index in [1.54, 1.807) is 6.26 Å². The molecule has 1 fully saturated rings. The Kier molecular flexibility index (Phi) is 3.69. The fourth-order valence-corrected chi connectivity index (χ4v) is 3.13. The van der Waals surface area contributed by atoms with Gasteiger partial charge in [0.25, 0.3) is 0 Å². The molecule has 0 N–H and O–H groups in total. The van der Waals surface area contributed by atoms with E-state index in [0.29, 0.717) is 12.1 Å². The zero-order valence-corrected chi connectivity index (χ0v) is 11.5. The van der Waals surface area contributed by atoms with E-state index in [1.807, 2.05) is 6.07 Å². The normalized spacial score (nSPS) is 22.3. The summed E-state index contributed by atoms with van der Waals surface area (Å²) in [6.45, 7) is 3.46. The number of furan rings is 1. The van der Waals surface area contributed by atoms with Crippen LogP contribution in [0, 0.1) is 0 Å². The molecule has 0 bridgehead atoms. The monoisotopic (exact) mass is 255 g/mol. The number of benzene rings is 1. The lowest BCUT2D eigenvalue weighted by atomic mass is 9.95. The zero-order valence-electron chi connectivity index (χ0n) is 11.5. The third-order valence-electron chi connectivity index (χ3n) is 4.20. The van der Waals surface area contributed by atoms with Gasteiger partial charge in [-0.3, -0.25) is 4.90 Å². The van der Waals surface area contributed by atoms with Crippen LogP contribution in [0.3, 0.4) is 0 Å². The summed E-state index contributed by atoms with van der Waals surface area (Å²) in [5.74, 6) is 1.11. The topological polar surface area (TPSA) is 16.4 Å². The number of hydrogen-bond donors (Lipinski definition) is 0. The first-order valence-electron chi connectivity index (χ1n) is 7.20. The minimum atomic E-state index is 0.430. The first kappa shape index (κ1) is 12.5. The molecule has 0 aliphatic carbocycles. The molecule has 1 aromatic carbocycles. The lowest BCUT2D eigenvalue weighted by Gasteiger charge is -2.39. The Morgan fingerprint density at radius 1 is 1.11 bits per heavy atom. The number of hydrogen-bond acceptors (Lipinski definition) is 2. The van der Waals surface area contributed by atoms with E-state index in [-0.39, 0.29) is 0 Å². The largest absolute Gasteiger partial charge is 0.468 e. The van der Waals surface area contributed by atoms with Crippen molar-refractivity contribution in [3.63, 3.8) is 0 Å². The van der Waals surface area contributed by atoms with Crippen LogP contribution >= 0.6 is 0 Å². The fourth-order valence-electron chi connectivity index (χ4n) is 3.13. The van der Waals surface area contributed by atoms with Crippen LogP contribution in [-0.4, -0.2) is 11.4 Å². The molecule has 3 rings (SSSR count). The van der Waals surface area contributed by atoms with Gasteiger partial charge in [0, 0.05) is 6.04 Å². The van der Waals surface area contributed by atoms with Gasteiger partial charge in [-0.15, -0.1) is 0 Å². The summed E-state index contributed by atoms with van der Waals surface area (Å²) in [6, 6.07) is 15.7. The quantitative estimate of drug-likeness (QED) is 0.799. The van der Waals surface area contributed by atoms with Crippen molar-refractivity contribution in [2.75, 3.05) is 6.54 Å². The highest BCUT2D eigenvalue weighted by molar-refractivity contribution is 5.19. The first-order chi connectivity index (χ1) is 9.36. The predicted molar refractivity (Wildman–Crippen MR) is 76.9 cm³/mol. The van der Waals surface area contributed by atoms with Crippen molar-refractivity contribution in [2.45, 2.75) is 38.3 Å². The Morgan fingerprint density at radius 3 is 2.68 bits per heavy atom. The molecule has 2 atom stereocenters. The van der Waals surface area contributed by atoms with E-state index in [1.165, 1.54) is 24.8 Å². The highest BCUT2D eigenvalue weighted by Crippen LogP contribution is 2.37. The second-order valence-corrected chi connectivity index (χ2v) is 5.35. The highest BCUT2D eigenvalue weighted by atomic mass is 16.3. The van der Waals surface area contributed by atoms with Gasteiger partial charge in [0.05, 0.1) is 12.3 Å². The minimum absolute atomic E-state index is 0.430. The predicted octanol–water partition coefficient (Wildman–Crippen LogP) is 4.57. The smallest absolute Gasteiger partial charge is 0.120 e. The van der Waals surface area contributed by atoms with Crippen molar-refractivity contribution < 1.29 is 4.42 Å². The van der Waals surface area contributed by atoms with Crippen LogP contribution in [0.15, 0.2) is 53.1 Å². The Bertz CT molecular complexity index is 491. The maximum atomic E-state index is 5.65. The molecule has 2 heteroatoms. The summed E-state index contributed by atoms with van der Waals surface area (Å²) in [4.78, 5) is 2.58. The SMILES string of the molecule is C[C@H](c1ccccc1)N1CCCCC1c1ccco1. The molecule has 1 aliphatic rings. The highest BCUT2D eigenvalue weighted by Gasteiger charge is 2.29. The van der Waals surface area contributed by atoms with Crippen molar-refractivity contribution >= 4 is 0 Å². The van der Waals surface area contributed by atoms with Gasteiger partial charge in [-0.2, -0.15) is 0 Å². The average molecular weight is 255 g/mol. The van der Waals surface area contributed by atoms with Gasteiger partial charge < -0.3 is 4.42 Å². The van der Waals surface area contributed by atoms with E-state index in [9.17, 15) is 0 Å². The second-order valence-electron chi connectivity index (χ2n) is 5.35. The van der Waals surface area contributed by atoms with Gasteiger partial charge in [0.15, 0.2) is 0 Å². The number of nitrogens with zero attached hydrogens (tertiary/aromatic N) is 1. The Balaban J connectivity index is 1.84. The first-order valence-corrected chi connectivity index (χ1v) is 7.20. The summed E-state index contributed by atoms with van der Waals surface area (Å²) >= 11 is 0. The Hall–Kier alpha value is -1.54. The van der Waals surface area contributed by atoms with Gasteiger partial charge in [-0.05, 0) is 44.0 Å². The third kappa shape index (κ3) is 2.59. The summed E-state index contributed by atoms with van der Waals surface area (Å²) in [7, 11) is 0. The van der Waals surface area contributed by atoms with Crippen LogP contribution in [0.4, 0.5) is 0 Å². The van der Waals surface area contributed by atoms with E-state index in [4.69, 9.17) is 4.42 Å². The van der Waals surface area contributed by atoms with E-state index in [2.05, 4.69) is 48.2 Å². The summed E-state index contributed by atoms with van der Waals surface area (Å²) in [5, 5.41) is 0. The molecule has 2 nitrogen and oxygen atoms in total. The lowest BCUT2D eigenvalue weighted by molar-refractivity contribution is 0.0880. The molecule has 1 aromatic heterocycles. The van der Waals surface area contributed by atoms with Gasteiger partial charge in [0.2, 0.25) is 0 Å². The zero-order chi connectivity index (χ0) is 13.1. The minimum Gasteiger partial charge on any atom is -0.468 e. The van der Waals surface area contributed by atoms with Gasteiger partial charge in [0.1, 0.15) is 5.76 Å². The molecule has 19 heavy (non-hydrogen) atoms. The van der Waals surface area contributed by atoms with Crippen LogP contribution in [0.2, 0.25) is 0 Å². The molecular formula is C17H21NO. The van der Waals surface area contributed by atoms with Crippen LogP contribution in [-0.2, 0) is 0 Å². The summed E-state index contributed by atoms with van der Waals surface area (Å²) < 4.78 is 5.65. The van der Waals surface area contributed by atoms with Crippen molar-refractivity contribution in [1.29, 1.82) is 0 Å². The van der Waals surface area contributed by atoms with Crippen LogP contribution < -0.4 is 0 Å². The van der Waals surface area contributed by atoms with Crippen LogP contribution in [0.1, 0.15) is 49.6 Å². The molecule has 2 aromatic rings. The van der Waals surface area contributed by atoms with Crippen LogP contribution in [0.5, 0.6) is 0 Å². The van der Waals surface area contributed by atoms with E-state index < -0.39 is 0 Å². The maximum Gasteiger partial charge on any atom is 0.120 e. The van der Waals surface area contributed by atoms with Crippen molar-refractivity contribution in [3.8, 4) is 0 Å². The Labute approximate surface area is 115 Å². The maximum absolute atomic E-state index is 5.65. The van der Waals surface area contributed by atoms with Crippen molar-refractivity contribution in [1.82, 2.24) is 4.90 Å². The summed E-state index contributed by atoms with van der Waals surface area (Å²) in [5.41, 5.74) is 1.39. The van der Waals surface area contributed by atoms with Gasteiger partial charge in [-0.25, -0.2) is 0 Å². The molecule has 1 unspecified atom stereocenters. The van der Waals surface area contributed by atoms with Crippen molar-refractivity contribution in [3.05, 3.63) is 60.1 Å². The van der Waals surface area contributed by atoms with Gasteiger partial charge in [-0.1, -0.05) is 36.8 Å².